The number of aromatic hydroxyl groups is 1. The van der Waals surface area contributed by atoms with Gasteiger partial charge >= 0.3 is 5.69 Å². The standard InChI is InChI=1S/C19H19ClN4O6S/c20-15-9-14(18(25)17(11-15)24(27)28)12-21-22-19(26)13-5-4-6-16(10-13)31(29,30)23-7-2-1-3-8-23/h4-6,9-12,25H,1-3,7-8H2,(H,22,26)/b21-12+. The summed E-state index contributed by atoms with van der Waals surface area (Å²) in [6.07, 6.45) is 3.57. The molecule has 1 saturated heterocycles. The van der Waals surface area contributed by atoms with E-state index in [9.17, 15) is 28.4 Å². The number of amides is 1. The van der Waals surface area contributed by atoms with Gasteiger partial charge in [-0.05, 0) is 37.1 Å². The lowest BCUT2D eigenvalue weighted by Crippen LogP contribution is -2.35. The molecule has 3 rings (SSSR count). The zero-order valence-electron chi connectivity index (χ0n) is 16.2. The van der Waals surface area contributed by atoms with E-state index in [2.05, 4.69) is 10.5 Å². The van der Waals surface area contributed by atoms with Gasteiger partial charge in [-0.15, -0.1) is 0 Å². The Bertz CT molecular complexity index is 1150. The molecular weight excluding hydrogens is 448 g/mol. The summed E-state index contributed by atoms with van der Waals surface area (Å²) in [4.78, 5) is 22.5. The van der Waals surface area contributed by atoms with E-state index in [-0.39, 0.29) is 21.0 Å². The molecule has 0 aliphatic carbocycles. The molecule has 0 aromatic heterocycles. The number of hydrogen-bond donors (Lipinski definition) is 2. The Kier molecular flexibility index (Phi) is 6.88. The molecule has 1 fully saturated rings. The smallest absolute Gasteiger partial charge is 0.312 e. The molecule has 1 heterocycles. The zero-order chi connectivity index (χ0) is 22.6. The van der Waals surface area contributed by atoms with E-state index in [0.717, 1.165) is 31.5 Å². The maximum Gasteiger partial charge on any atom is 0.312 e. The third kappa shape index (κ3) is 5.19. The van der Waals surface area contributed by atoms with E-state index in [1.807, 2.05) is 0 Å². The highest BCUT2D eigenvalue weighted by Crippen LogP contribution is 2.32. The lowest BCUT2D eigenvalue weighted by atomic mass is 10.2. The molecular formula is C19H19ClN4O6S. The topological polar surface area (TPSA) is 142 Å². The number of benzene rings is 2. The molecule has 2 N–H and O–H groups in total. The van der Waals surface area contributed by atoms with Crippen molar-refractivity contribution in [2.75, 3.05) is 13.1 Å². The molecule has 0 bridgehead atoms. The van der Waals surface area contributed by atoms with Crippen molar-refractivity contribution in [3.05, 3.63) is 62.7 Å². The van der Waals surface area contributed by atoms with Crippen LogP contribution in [0.5, 0.6) is 5.75 Å². The Balaban J connectivity index is 1.76. The average molecular weight is 467 g/mol. The van der Waals surface area contributed by atoms with E-state index < -0.39 is 32.3 Å². The molecule has 31 heavy (non-hydrogen) atoms. The third-order valence-corrected chi connectivity index (χ3v) is 6.81. The van der Waals surface area contributed by atoms with E-state index in [1.54, 1.807) is 0 Å². The monoisotopic (exact) mass is 466 g/mol. The van der Waals surface area contributed by atoms with Crippen LogP contribution in [0.4, 0.5) is 5.69 Å². The van der Waals surface area contributed by atoms with Crippen LogP contribution >= 0.6 is 11.6 Å². The molecule has 1 amide bonds. The Morgan fingerprint density at radius 2 is 1.94 bits per heavy atom. The second kappa shape index (κ2) is 9.41. The van der Waals surface area contributed by atoms with Crippen LogP contribution in [-0.4, -0.2) is 48.0 Å². The van der Waals surface area contributed by atoms with Crippen molar-refractivity contribution in [2.45, 2.75) is 24.2 Å². The fourth-order valence-corrected chi connectivity index (χ4v) is 4.90. The lowest BCUT2D eigenvalue weighted by Gasteiger charge is -2.25. The van der Waals surface area contributed by atoms with Crippen molar-refractivity contribution in [2.24, 2.45) is 5.10 Å². The maximum atomic E-state index is 12.8. The van der Waals surface area contributed by atoms with Crippen LogP contribution in [0, 0.1) is 10.1 Å². The minimum atomic E-state index is -3.70. The predicted octanol–water partition coefficient (Wildman–Crippen LogP) is 2.89. The maximum absolute atomic E-state index is 12.8. The van der Waals surface area contributed by atoms with Crippen LogP contribution in [0.15, 0.2) is 46.4 Å². The Hall–Kier alpha value is -3.02. The summed E-state index contributed by atoms with van der Waals surface area (Å²) in [6, 6.07) is 7.81. The molecule has 2 aromatic rings. The molecule has 12 heteroatoms. The number of hydrogen-bond acceptors (Lipinski definition) is 7. The van der Waals surface area contributed by atoms with Gasteiger partial charge in [0.2, 0.25) is 15.8 Å². The number of carbonyl (C=O) groups is 1. The highest BCUT2D eigenvalue weighted by atomic mass is 35.5. The summed E-state index contributed by atoms with van der Waals surface area (Å²) < 4.78 is 27.0. The average Bonchev–Trinajstić information content (AvgIpc) is 2.76. The minimum absolute atomic E-state index is 0.00731. The first-order valence-corrected chi connectivity index (χ1v) is 11.1. The second-order valence-electron chi connectivity index (χ2n) is 6.81. The summed E-state index contributed by atoms with van der Waals surface area (Å²) in [5.74, 6) is -1.34. The molecule has 0 atom stereocenters. The summed E-state index contributed by atoms with van der Waals surface area (Å²) in [5, 5.41) is 24.6. The van der Waals surface area contributed by atoms with Crippen molar-refractivity contribution < 1.29 is 23.2 Å². The number of carbonyl (C=O) groups excluding carboxylic acids is 1. The van der Waals surface area contributed by atoms with Crippen LogP contribution in [0.2, 0.25) is 5.02 Å². The first-order valence-electron chi connectivity index (χ1n) is 9.30. The normalized spacial score (nSPS) is 15.1. The SMILES string of the molecule is O=C(N/N=C/c1cc(Cl)cc([N+](=O)[O-])c1O)c1cccc(S(=O)(=O)N2CCCCC2)c1. The fourth-order valence-electron chi connectivity index (χ4n) is 3.12. The van der Waals surface area contributed by atoms with Gasteiger partial charge in [0, 0.05) is 35.3 Å². The number of piperidine rings is 1. The van der Waals surface area contributed by atoms with E-state index in [1.165, 1.54) is 34.6 Å². The zero-order valence-corrected chi connectivity index (χ0v) is 17.8. The number of rotatable bonds is 6. The van der Waals surface area contributed by atoms with Gasteiger partial charge in [-0.1, -0.05) is 24.1 Å². The molecule has 1 aliphatic heterocycles. The largest absolute Gasteiger partial charge is 0.502 e. The number of halogens is 1. The van der Waals surface area contributed by atoms with Gasteiger partial charge in [0.25, 0.3) is 5.91 Å². The van der Waals surface area contributed by atoms with Crippen molar-refractivity contribution in [1.29, 1.82) is 0 Å². The van der Waals surface area contributed by atoms with Gasteiger partial charge in [0.15, 0.2) is 0 Å². The first kappa shape index (κ1) is 22.7. The molecule has 0 saturated carbocycles. The Labute approximate surface area is 183 Å². The van der Waals surface area contributed by atoms with E-state index in [0.29, 0.717) is 13.1 Å². The molecule has 0 spiro atoms. The second-order valence-corrected chi connectivity index (χ2v) is 9.19. The summed E-state index contributed by atoms with van der Waals surface area (Å²) in [6.45, 7) is 0.886. The molecule has 2 aromatic carbocycles. The Morgan fingerprint density at radius 3 is 2.61 bits per heavy atom. The van der Waals surface area contributed by atoms with Crippen LogP contribution in [0.25, 0.3) is 0 Å². The quantitative estimate of drug-likeness (QED) is 0.380. The number of nitrogens with one attached hydrogen (secondary N) is 1. The summed E-state index contributed by atoms with van der Waals surface area (Å²) in [7, 11) is -3.70. The molecule has 164 valence electrons. The number of nitro benzene ring substituents is 1. The third-order valence-electron chi connectivity index (χ3n) is 4.70. The first-order chi connectivity index (χ1) is 14.7. The number of sulfonamides is 1. The highest BCUT2D eigenvalue weighted by Gasteiger charge is 2.26. The minimum Gasteiger partial charge on any atom is -0.502 e. The molecule has 10 nitrogen and oxygen atoms in total. The van der Waals surface area contributed by atoms with Crippen LogP contribution in [0.1, 0.15) is 35.2 Å². The van der Waals surface area contributed by atoms with Crippen molar-refractivity contribution in [3.63, 3.8) is 0 Å². The predicted molar refractivity (Wildman–Crippen MR) is 114 cm³/mol. The molecule has 0 radical (unpaired) electrons. The van der Waals surface area contributed by atoms with Crippen LogP contribution < -0.4 is 5.43 Å². The van der Waals surface area contributed by atoms with Gasteiger partial charge in [-0.2, -0.15) is 9.41 Å². The van der Waals surface area contributed by atoms with Crippen LogP contribution in [-0.2, 0) is 10.0 Å². The molecule has 1 aliphatic rings. The van der Waals surface area contributed by atoms with Crippen molar-refractivity contribution in [1.82, 2.24) is 9.73 Å². The van der Waals surface area contributed by atoms with Gasteiger partial charge in [0.1, 0.15) is 0 Å². The number of nitro groups is 1. The van der Waals surface area contributed by atoms with Crippen LogP contribution in [0.3, 0.4) is 0 Å². The Morgan fingerprint density at radius 1 is 1.23 bits per heavy atom. The van der Waals surface area contributed by atoms with E-state index >= 15 is 0 Å². The fraction of sp³-hybridized carbons (Fsp3) is 0.263. The van der Waals surface area contributed by atoms with Crippen molar-refractivity contribution in [3.8, 4) is 5.75 Å². The number of phenolic OH excluding ortho intramolecular Hbond substituents is 1. The summed E-state index contributed by atoms with van der Waals surface area (Å²) in [5.41, 5.74) is 1.60. The highest BCUT2D eigenvalue weighted by molar-refractivity contribution is 7.89. The number of phenols is 1. The van der Waals surface area contributed by atoms with Gasteiger partial charge in [-0.3, -0.25) is 14.9 Å². The molecule has 0 unspecified atom stereocenters. The number of nitrogens with zero attached hydrogens (tertiary/aromatic N) is 3. The summed E-state index contributed by atoms with van der Waals surface area (Å²) >= 11 is 5.80. The van der Waals surface area contributed by atoms with E-state index in [4.69, 9.17) is 11.6 Å². The van der Waals surface area contributed by atoms with Gasteiger partial charge < -0.3 is 5.11 Å². The number of hydrazone groups is 1. The van der Waals surface area contributed by atoms with Gasteiger partial charge in [0.05, 0.1) is 16.0 Å². The van der Waals surface area contributed by atoms with Crippen molar-refractivity contribution >= 4 is 39.4 Å². The lowest BCUT2D eigenvalue weighted by molar-refractivity contribution is -0.385. The van der Waals surface area contributed by atoms with Gasteiger partial charge in [-0.25, -0.2) is 13.8 Å².